The Morgan fingerprint density at radius 1 is 1.69 bits per heavy atom. The third kappa shape index (κ3) is 2.22. The lowest BCUT2D eigenvalue weighted by Gasteiger charge is -2.43. The maximum absolute atomic E-state index is 10.4. The van der Waals surface area contributed by atoms with Crippen LogP contribution in [0.5, 0.6) is 0 Å². The highest BCUT2D eigenvalue weighted by atomic mass is 16.3. The van der Waals surface area contributed by atoms with Gasteiger partial charge in [0.25, 0.3) is 0 Å². The molecular formula is C10H22N2O. The molecule has 1 heterocycles. The number of hydrogen-bond donors (Lipinski definition) is 3. The molecule has 0 spiro atoms. The van der Waals surface area contributed by atoms with E-state index in [1.54, 1.807) is 0 Å². The van der Waals surface area contributed by atoms with Crippen LogP contribution in [0.4, 0.5) is 0 Å². The summed E-state index contributed by atoms with van der Waals surface area (Å²) in [6.45, 7) is 9.03. The van der Waals surface area contributed by atoms with Crippen molar-refractivity contribution in [2.45, 2.75) is 38.8 Å². The number of likely N-dealkylation sites (N-methyl/N-ethyl adjacent to an activating group) is 1. The maximum atomic E-state index is 10.4. The molecule has 1 rings (SSSR count). The molecule has 3 atom stereocenters. The van der Waals surface area contributed by atoms with Crippen LogP contribution in [0.2, 0.25) is 0 Å². The molecule has 3 nitrogen and oxygen atoms in total. The predicted molar refractivity (Wildman–Crippen MR) is 54.7 cm³/mol. The SMILES string of the molecule is CCNC(C)C1(O)CCNCC1C. The smallest absolute Gasteiger partial charge is 0.0846 e. The Kier molecular flexibility index (Phi) is 3.71. The zero-order valence-corrected chi connectivity index (χ0v) is 8.93. The fourth-order valence-corrected chi connectivity index (χ4v) is 2.16. The second kappa shape index (κ2) is 4.40. The van der Waals surface area contributed by atoms with Crippen LogP contribution in [0.25, 0.3) is 0 Å². The molecule has 3 N–H and O–H groups in total. The molecule has 1 fully saturated rings. The third-order valence-electron chi connectivity index (χ3n) is 3.27. The summed E-state index contributed by atoms with van der Waals surface area (Å²) in [5.41, 5.74) is -0.527. The van der Waals surface area contributed by atoms with Gasteiger partial charge in [-0.1, -0.05) is 13.8 Å². The van der Waals surface area contributed by atoms with Gasteiger partial charge in [-0.25, -0.2) is 0 Å². The number of rotatable bonds is 3. The molecule has 0 bridgehead atoms. The van der Waals surface area contributed by atoms with E-state index in [0.717, 1.165) is 26.1 Å². The highest BCUT2D eigenvalue weighted by Crippen LogP contribution is 2.27. The second-order valence-electron chi connectivity index (χ2n) is 4.13. The van der Waals surface area contributed by atoms with E-state index in [-0.39, 0.29) is 6.04 Å². The van der Waals surface area contributed by atoms with Gasteiger partial charge in [0.05, 0.1) is 5.60 Å². The average Bonchev–Trinajstić information content (AvgIpc) is 2.11. The van der Waals surface area contributed by atoms with Gasteiger partial charge in [0.1, 0.15) is 0 Å². The van der Waals surface area contributed by atoms with Crippen LogP contribution < -0.4 is 10.6 Å². The second-order valence-corrected chi connectivity index (χ2v) is 4.13. The lowest BCUT2D eigenvalue weighted by atomic mass is 9.78. The Morgan fingerprint density at radius 2 is 2.38 bits per heavy atom. The van der Waals surface area contributed by atoms with Crippen LogP contribution in [0.15, 0.2) is 0 Å². The van der Waals surface area contributed by atoms with Crippen LogP contribution >= 0.6 is 0 Å². The van der Waals surface area contributed by atoms with Crippen molar-refractivity contribution < 1.29 is 5.11 Å². The normalized spacial score (nSPS) is 37.4. The molecule has 1 aliphatic heterocycles. The Labute approximate surface area is 80.9 Å². The highest BCUT2D eigenvalue weighted by molar-refractivity contribution is 4.96. The average molecular weight is 186 g/mol. The van der Waals surface area contributed by atoms with Crippen molar-refractivity contribution >= 4 is 0 Å². The molecule has 1 aliphatic rings. The van der Waals surface area contributed by atoms with E-state index in [0.29, 0.717) is 5.92 Å². The molecule has 3 unspecified atom stereocenters. The van der Waals surface area contributed by atoms with Crippen LogP contribution in [0, 0.1) is 5.92 Å². The molecule has 1 saturated heterocycles. The van der Waals surface area contributed by atoms with E-state index in [1.807, 2.05) is 0 Å². The lowest BCUT2D eigenvalue weighted by molar-refractivity contribution is -0.0591. The van der Waals surface area contributed by atoms with Gasteiger partial charge in [-0.2, -0.15) is 0 Å². The fraction of sp³-hybridized carbons (Fsp3) is 1.00. The largest absolute Gasteiger partial charge is 0.388 e. The zero-order valence-electron chi connectivity index (χ0n) is 8.93. The molecule has 3 heteroatoms. The first kappa shape index (κ1) is 11.0. The molecule has 0 aliphatic carbocycles. The summed E-state index contributed by atoms with van der Waals surface area (Å²) in [5, 5.41) is 17.0. The van der Waals surface area contributed by atoms with Crippen LogP contribution in [0.3, 0.4) is 0 Å². The summed E-state index contributed by atoms with van der Waals surface area (Å²) < 4.78 is 0. The quantitative estimate of drug-likeness (QED) is 0.596. The standard InChI is InChI=1S/C10H22N2O/c1-4-12-9(3)10(13)5-6-11-7-8(10)2/h8-9,11-13H,4-7H2,1-3H3. The van der Waals surface area contributed by atoms with E-state index in [9.17, 15) is 5.11 Å². The number of hydrogen-bond acceptors (Lipinski definition) is 3. The topological polar surface area (TPSA) is 44.3 Å². The molecular weight excluding hydrogens is 164 g/mol. The van der Waals surface area contributed by atoms with Gasteiger partial charge in [0.2, 0.25) is 0 Å². The molecule has 13 heavy (non-hydrogen) atoms. The van der Waals surface area contributed by atoms with E-state index >= 15 is 0 Å². The summed E-state index contributed by atoms with van der Waals surface area (Å²) in [6, 6.07) is 0.189. The Morgan fingerprint density at radius 3 is 2.92 bits per heavy atom. The predicted octanol–water partition coefficient (Wildman–Crippen LogP) is 0.345. The Bertz CT molecular complexity index is 163. The zero-order chi connectivity index (χ0) is 9.90. The van der Waals surface area contributed by atoms with Crippen LogP contribution in [0.1, 0.15) is 27.2 Å². The summed E-state index contributed by atoms with van der Waals surface area (Å²) in [7, 11) is 0. The van der Waals surface area contributed by atoms with Crippen molar-refractivity contribution in [1.29, 1.82) is 0 Å². The van der Waals surface area contributed by atoms with Gasteiger partial charge < -0.3 is 15.7 Å². The lowest BCUT2D eigenvalue weighted by Crippen LogP contribution is -2.59. The molecule has 0 aromatic heterocycles. The van der Waals surface area contributed by atoms with Gasteiger partial charge in [-0.15, -0.1) is 0 Å². The number of aliphatic hydroxyl groups is 1. The first-order valence-corrected chi connectivity index (χ1v) is 5.27. The van der Waals surface area contributed by atoms with Crippen molar-refractivity contribution in [3.8, 4) is 0 Å². The minimum absolute atomic E-state index is 0.189. The summed E-state index contributed by atoms with van der Waals surface area (Å²) in [4.78, 5) is 0. The van der Waals surface area contributed by atoms with E-state index in [4.69, 9.17) is 0 Å². The van der Waals surface area contributed by atoms with Gasteiger partial charge in [-0.05, 0) is 32.4 Å². The maximum Gasteiger partial charge on any atom is 0.0846 e. The van der Waals surface area contributed by atoms with Crippen molar-refractivity contribution in [1.82, 2.24) is 10.6 Å². The molecule has 0 saturated carbocycles. The molecule has 0 radical (unpaired) electrons. The number of nitrogens with one attached hydrogen (secondary N) is 2. The third-order valence-corrected chi connectivity index (χ3v) is 3.27. The first-order valence-electron chi connectivity index (χ1n) is 5.27. The van der Waals surface area contributed by atoms with Crippen molar-refractivity contribution in [2.24, 2.45) is 5.92 Å². The minimum atomic E-state index is -0.527. The Balaban J connectivity index is 2.59. The number of piperidine rings is 1. The van der Waals surface area contributed by atoms with E-state index in [2.05, 4.69) is 31.4 Å². The van der Waals surface area contributed by atoms with E-state index < -0.39 is 5.60 Å². The summed E-state index contributed by atoms with van der Waals surface area (Å²) in [5.74, 6) is 0.329. The molecule has 78 valence electrons. The van der Waals surface area contributed by atoms with Crippen molar-refractivity contribution in [3.05, 3.63) is 0 Å². The molecule has 0 aromatic carbocycles. The van der Waals surface area contributed by atoms with Crippen LogP contribution in [-0.4, -0.2) is 36.4 Å². The van der Waals surface area contributed by atoms with Crippen LogP contribution in [-0.2, 0) is 0 Å². The van der Waals surface area contributed by atoms with Gasteiger partial charge in [0.15, 0.2) is 0 Å². The fourth-order valence-electron chi connectivity index (χ4n) is 2.16. The monoisotopic (exact) mass is 186 g/mol. The van der Waals surface area contributed by atoms with Gasteiger partial charge in [-0.3, -0.25) is 0 Å². The van der Waals surface area contributed by atoms with Gasteiger partial charge in [0, 0.05) is 12.6 Å². The summed E-state index contributed by atoms with van der Waals surface area (Å²) in [6.07, 6.45) is 0.850. The van der Waals surface area contributed by atoms with Crippen molar-refractivity contribution in [2.75, 3.05) is 19.6 Å². The van der Waals surface area contributed by atoms with Gasteiger partial charge >= 0.3 is 0 Å². The summed E-state index contributed by atoms with van der Waals surface area (Å²) >= 11 is 0. The highest BCUT2D eigenvalue weighted by Gasteiger charge is 2.40. The Hall–Kier alpha value is -0.120. The van der Waals surface area contributed by atoms with Crippen molar-refractivity contribution in [3.63, 3.8) is 0 Å². The molecule has 0 aromatic rings. The van der Waals surface area contributed by atoms with E-state index in [1.165, 1.54) is 0 Å². The molecule has 0 amide bonds. The minimum Gasteiger partial charge on any atom is -0.388 e. The first-order chi connectivity index (χ1) is 6.11.